The molecule has 0 aliphatic heterocycles. The Balaban J connectivity index is 0.00000196. The van der Waals surface area contributed by atoms with Gasteiger partial charge in [0.05, 0.1) is 5.69 Å². The van der Waals surface area contributed by atoms with Crippen LogP contribution in [0, 0.1) is 6.92 Å². The lowest BCUT2D eigenvalue weighted by Gasteiger charge is -2.15. The monoisotopic (exact) mass is 228 g/mol. The predicted octanol–water partition coefficient (Wildman–Crippen LogP) is 2.28. The van der Waals surface area contributed by atoms with E-state index in [1.54, 1.807) is 12.1 Å². The molecule has 0 unspecified atom stereocenters. The van der Waals surface area contributed by atoms with Crippen LogP contribution in [0.4, 0.5) is 5.69 Å². The minimum atomic E-state index is -0.240. The Labute approximate surface area is 96.2 Å². The molecule has 5 N–H and O–H groups in total. The summed E-state index contributed by atoms with van der Waals surface area (Å²) < 4.78 is 0. The van der Waals surface area contributed by atoms with E-state index in [4.69, 9.17) is 11.5 Å². The molecule has 0 saturated carbocycles. The molecule has 0 radical (unpaired) electrons. The van der Waals surface area contributed by atoms with E-state index in [0.29, 0.717) is 17.7 Å². The molecule has 0 amide bonds. The van der Waals surface area contributed by atoms with Crippen molar-refractivity contribution in [3.8, 4) is 5.75 Å². The maximum absolute atomic E-state index is 9.74. The fourth-order valence-corrected chi connectivity index (χ4v) is 1.49. The van der Waals surface area contributed by atoms with E-state index < -0.39 is 0 Å². The number of phenols is 1. The van der Waals surface area contributed by atoms with Gasteiger partial charge in [-0.05, 0) is 25.0 Å². The molecule has 0 aromatic heterocycles. The summed E-state index contributed by atoms with van der Waals surface area (Å²) >= 11 is 0. The molecule has 1 aromatic carbocycles. The second-order valence-corrected chi connectivity index (χ2v) is 3.36. The smallest absolute Gasteiger partial charge is 0.143 e. The van der Waals surface area contributed by atoms with Crippen LogP contribution in [0.1, 0.15) is 23.6 Å². The van der Waals surface area contributed by atoms with Gasteiger partial charge in [0.2, 0.25) is 0 Å². The van der Waals surface area contributed by atoms with Crippen molar-refractivity contribution in [1.82, 2.24) is 0 Å². The number of anilines is 1. The van der Waals surface area contributed by atoms with Crippen LogP contribution in [0.5, 0.6) is 5.75 Å². The number of phenolic OH excluding ortho intramolecular Hbond substituents is 1. The highest BCUT2D eigenvalue weighted by molar-refractivity contribution is 5.85. The van der Waals surface area contributed by atoms with Gasteiger partial charge in [-0.2, -0.15) is 0 Å². The van der Waals surface area contributed by atoms with Crippen LogP contribution in [0.3, 0.4) is 0 Å². The zero-order chi connectivity index (χ0) is 10.7. The van der Waals surface area contributed by atoms with E-state index >= 15 is 0 Å². The second-order valence-electron chi connectivity index (χ2n) is 3.36. The molecule has 1 aromatic rings. The average Bonchev–Trinajstić information content (AvgIpc) is 2.13. The van der Waals surface area contributed by atoms with E-state index in [1.165, 1.54) is 0 Å². The number of nitrogen functional groups attached to an aromatic ring is 1. The molecule has 3 nitrogen and oxygen atoms in total. The molecule has 1 atom stereocenters. The number of nitrogens with two attached hydrogens (primary N) is 2. The van der Waals surface area contributed by atoms with Crippen LogP contribution in [-0.2, 0) is 0 Å². The summed E-state index contributed by atoms with van der Waals surface area (Å²) in [5.41, 5.74) is 13.5. The van der Waals surface area contributed by atoms with Crippen molar-refractivity contribution in [2.45, 2.75) is 19.4 Å². The maximum Gasteiger partial charge on any atom is 0.143 e. The molecule has 0 bridgehead atoms. The van der Waals surface area contributed by atoms with Crippen LogP contribution in [0.2, 0.25) is 0 Å². The van der Waals surface area contributed by atoms with Gasteiger partial charge in [0, 0.05) is 11.6 Å². The number of benzene rings is 1. The van der Waals surface area contributed by atoms with Crippen molar-refractivity contribution in [2.75, 3.05) is 5.73 Å². The van der Waals surface area contributed by atoms with E-state index in [0.717, 1.165) is 5.56 Å². The van der Waals surface area contributed by atoms with Gasteiger partial charge in [0.1, 0.15) is 5.75 Å². The topological polar surface area (TPSA) is 72.3 Å². The lowest BCUT2D eigenvalue weighted by Crippen LogP contribution is -2.11. The Morgan fingerprint density at radius 1 is 1.53 bits per heavy atom. The molecule has 0 spiro atoms. The molecular formula is C11H17ClN2O. The van der Waals surface area contributed by atoms with Crippen LogP contribution < -0.4 is 11.5 Å². The summed E-state index contributed by atoms with van der Waals surface area (Å²) in [5, 5.41) is 9.74. The zero-order valence-corrected chi connectivity index (χ0v) is 9.55. The highest BCUT2D eigenvalue weighted by atomic mass is 35.5. The SMILES string of the molecule is C=CC[C@@H](N)c1c(C)ccc(N)c1O.Cl. The third kappa shape index (κ3) is 2.88. The summed E-state index contributed by atoms with van der Waals surface area (Å²) in [6.07, 6.45) is 2.35. The molecule has 15 heavy (non-hydrogen) atoms. The molecule has 4 heteroatoms. The van der Waals surface area contributed by atoms with Gasteiger partial charge in [0.25, 0.3) is 0 Å². The van der Waals surface area contributed by atoms with Crippen molar-refractivity contribution in [2.24, 2.45) is 5.73 Å². The summed E-state index contributed by atoms with van der Waals surface area (Å²) in [6.45, 7) is 5.52. The van der Waals surface area contributed by atoms with Crippen molar-refractivity contribution in [1.29, 1.82) is 0 Å². The molecular weight excluding hydrogens is 212 g/mol. The van der Waals surface area contributed by atoms with Gasteiger partial charge in [-0.25, -0.2) is 0 Å². The fourth-order valence-electron chi connectivity index (χ4n) is 1.49. The number of hydrogen-bond donors (Lipinski definition) is 3. The molecule has 0 heterocycles. The van der Waals surface area contributed by atoms with Gasteiger partial charge < -0.3 is 16.6 Å². The van der Waals surface area contributed by atoms with Crippen LogP contribution in [0.15, 0.2) is 24.8 Å². The summed E-state index contributed by atoms with van der Waals surface area (Å²) in [7, 11) is 0. The van der Waals surface area contributed by atoms with E-state index in [2.05, 4.69) is 6.58 Å². The molecule has 0 aliphatic rings. The minimum absolute atomic E-state index is 0. The van der Waals surface area contributed by atoms with Gasteiger partial charge in [-0.1, -0.05) is 12.1 Å². The number of aryl methyl sites for hydroxylation is 1. The van der Waals surface area contributed by atoms with Crippen LogP contribution >= 0.6 is 12.4 Å². The number of halogens is 1. The first-order valence-electron chi connectivity index (χ1n) is 4.52. The van der Waals surface area contributed by atoms with Crippen LogP contribution in [-0.4, -0.2) is 5.11 Å². The van der Waals surface area contributed by atoms with Crippen molar-refractivity contribution >= 4 is 18.1 Å². The highest BCUT2D eigenvalue weighted by Gasteiger charge is 2.14. The number of aromatic hydroxyl groups is 1. The first kappa shape index (κ1) is 13.8. The normalized spacial score (nSPS) is 11.6. The molecule has 1 rings (SSSR count). The molecule has 0 fully saturated rings. The first-order valence-corrected chi connectivity index (χ1v) is 4.52. The van der Waals surface area contributed by atoms with Crippen LogP contribution in [0.25, 0.3) is 0 Å². The summed E-state index contributed by atoms with van der Waals surface area (Å²) in [4.78, 5) is 0. The standard InChI is InChI=1S/C11H16N2O.ClH/c1-3-4-8(12)10-7(2)5-6-9(13)11(10)14;/h3,5-6,8,14H,1,4,12-13H2,2H3;1H/t8-;/m1./s1. The van der Waals surface area contributed by atoms with E-state index in [9.17, 15) is 5.11 Å². The summed E-state index contributed by atoms with van der Waals surface area (Å²) in [6, 6.07) is 3.29. The zero-order valence-electron chi connectivity index (χ0n) is 8.73. The third-order valence-corrected chi connectivity index (χ3v) is 2.26. The predicted molar refractivity (Wildman–Crippen MR) is 66.2 cm³/mol. The van der Waals surface area contributed by atoms with Gasteiger partial charge in [-0.15, -0.1) is 19.0 Å². The Kier molecular flexibility index (Phi) is 5.19. The molecule has 84 valence electrons. The molecule has 0 saturated heterocycles. The van der Waals surface area contributed by atoms with Crippen molar-refractivity contribution in [3.63, 3.8) is 0 Å². The third-order valence-electron chi connectivity index (χ3n) is 2.26. The Hall–Kier alpha value is -1.19. The lowest BCUT2D eigenvalue weighted by atomic mass is 9.97. The lowest BCUT2D eigenvalue weighted by molar-refractivity contribution is 0.463. The summed E-state index contributed by atoms with van der Waals surface area (Å²) in [5.74, 6) is 0.0966. The van der Waals surface area contributed by atoms with Crippen molar-refractivity contribution < 1.29 is 5.11 Å². The number of rotatable bonds is 3. The molecule has 0 aliphatic carbocycles. The quantitative estimate of drug-likeness (QED) is 0.422. The second kappa shape index (κ2) is 5.63. The fraction of sp³-hybridized carbons (Fsp3) is 0.273. The largest absolute Gasteiger partial charge is 0.505 e. The van der Waals surface area contributed by atoms with E-state index in [1.807, 2.05) is 13.0 Å². The Morgan fingerprint density at radius 3 is 2.67 bits per heavy atom. The maximum atomic E-state index is 9.74. The van der Waals surface area contributed by atoms with E-state index in [-0.39, 0.29) is 24.2 Å². The minimum Gasteiger partial charge on any atom is -0.505 e. The Bertz CT molecular complexity index is 353. The van der Waals surface area contributed by atoms with Gasteiger partial charge >= 0.3 is 0 Å². The van der Waals surface area contributed by atoms with Crippen molar-refractivity contribution in [3.05, 3.63) is 35.9 Å². The van der Waals surface area contributed by atoms with Gasteiger partial charge in [0.15, 0.2) is 0 Å². The Morgan fingerprint density at radius 2 is 2.13 bits per heavy atom. The number of hydrogen-bond acceptors (Lipinski definition) is 3. The van der Waals surface area contributed by atoms with Gasteiger partial charge in [-0.3, -0.25) is 0 Å². The first-order chi connectivity index (χ1) is 6.57. The highest BCUT2D eigenvalue weighted by Crippen LogP contribution is 2.33. The average molecular weight is 229 g/mol.